The molecule has 0 aromatic carbocycles. The molecule has 0 spiro atoms. The van der Waals surface area contributed by atoms with Gasteiger partial charge in [0.1, 0.15) is 0 Å². The molecule has 0 radical (unpaired) electrons. The van der Waals surface area contributed by atoms with E-state index in [4.69, 9.17) is 4.74 Å². The fraction of sp³-hybridized carbons (Fsp3) is 1.00. The number of nitrogens with one attached hydrogen (secondary N) is 1. The van der Waals surface area contributed by atoms with Gasteiger partial charge >= 0.3 is 0 Å². The predicted octanol–water partition coefficient (Wildman–Crippen LogP) is 2.04. The molecule has 3 nitrogen and oxygen atoms in total. The highest BCUT2D eigenvalue weighted by atomic mass is 32.2. The summed E-state index contributed by atoms with van der Waals surface area (Å²) in [5, 5.41) is 12.9. The second-order valence-electron chi connectivity index (χ2n) is 5.48. The first-order valence-electron chi connectivity index (χ1n) is 6.63. The van der Waals surface area contributed by atoms with E-state index in [1.807, 2.05) is 11.8 Å². The van der Waals surface area contributed by atoms with Crippen LogP contribution in [0.5, 0.6) is 0 Å². The first-order chi connectivity index (χ1) is 8.06. The van der Waals surface area contributed by atoms with Crippen LogP contribution < -0.4 is 5.32 Å². The molecule has 2 unspecified atom stereocenters. The molecule has 102 valence electrons. The fourth-order valence-electron chi connectivity index (χ4n) is 2.18. The van der Waals surface area contributed by atoms with Crippen LogP contribution in [0.25, 0.3) is 0 Å². The van der Waals surface area contributed by atoms with Crippen LogP contribution in [0, 0.1) is 0 Å². The third-order valence-corrected chi connectivity index (χ3v) is 4.21. The molecule has 1 fully saturated rings. The van der Waals surface area contributed by atoms with Crippen LogP contribution in [0.15, 0.2) is 0 Å². The third kappa shape index (κ3) is 6.09. The van der Waals surface area contributed by atoms with Gasteiger partial charge < -0.3 is 15.2 Å². The summed E-state index contributed by atoms with van der Waals surface area (Å²) in [4.78, 5) is 0. The van der Waals surface area contributed by atoms with E-state index in [1.54, 1.807) is 0 Å². The van der Waals surface area contributed by atoms with Gasteiger partial charge in [-0.1, -0.05) is 13.8 Å². The molecule has 0 saturated carbocycles. The largest absolute Gasteiger partial charge is 0.394 e. The van der Waals surface area contributed by atoms with Crippen LogP contribution in [0.2, 0.25) is 0 Å². The maximum Gasteiger partial charge on any atom is 0.0666 e. The van der Waals surface area contributed by atoms with Crippen molar-refractivity contribution in [3.63, 3.8) is 0 Å². The smallest absolute Gasteiger partial charge is 0.0666 e. The van der Waals surface area contributed by atoms with Gasteiger partial charge in [0.05, 0.1) is 12.7 Å². The Morgan fingerprint density at radius 1 is 1.53 bits per heavy atom. The quantitative estimate of drug-likeness (QED) is 0.656. The molecule has 0 aromatic heterocycles. The summed E-state index contributed by atoms with van der Waals surface area (Å²) in [5.74, 6) is 2.18. The van der Waals surface area contributed by atoms with E-state index in [1.165, 1.54) is 12.8 Å². The van der Waals surface area contributed by atoms with E-state index in [-0.39, 0.29) is 12.1 Å². The van der Waals surface area contributed by atoms with Gasteiger partial charge in [0.2, 0.25) is 0 Å². The van der Waals surface area contributed by atoms with E-state index in [0.717, 1.165) is 24.5 Å². The molecular weight excluding hydrogens is 234 g/mol. The van der Waals surface area contributed by atoms with Crippen molar-refractivity contribution >= 4 is 11.8 Å². The van der Waals surface area contributed by atoms with Crippen LogP contribution in [-0.4, -0.2) is 47.5 Å². The number of aliphatic hydroxyl groups excluding tert-OH is 1. The van der Waals surface area contributed by atoms with Gasteiger partial charge in [0, 0.05) is 23.9 Å². The first-order valence-corrected chi connectivity index (χ1v) is 7.79. The van der Waals surface area contributed by atoms with Crippen molar-refractivity contribution in [1.82, 2.24) is 5.32 Å². The average molecular weight is 261 g/mol. The highest BCUT2D eigenvalue weighted by molar-refractivity contribution is 7.99. The lowest BCUT2D eigenvalue weighted by Gasteiger charge is -2.31. The summed E-state index contributed by atoms with van der Waals surface area (Å²) in [6, 6.07) is 0.412. The average Bonchev–Trinajstić information content (AvgIpc) is 2.76. The molecule has 1 heterocycles. The summed E-state index contributed by atoms with van der Waals surface area (Å²) in [5.41, 5.74) is -0.141. The molecular formula is C13H27NO2S. The van der Waals surface area contributed by atoms with Crippen LogP contribution in [0.1, 0.15) is 40.0 Å². The highest BCUT2D eigenvalue weighted by Gasteiger charge is 2.23. The summed E-state index contributed by atoms with van der Waals surface area (Å²) < 4.78 is 5.59. The number of thioether (sulfide) groups is 1. The number of hydrogen-bond acceptors (Lipinski definition) is 4. The zero-order chi connectivity index (χ0) is 12.7. The monoisotopic (exact) mass is 261 g/mol. The summed E-state index contributed by atoms with van der Waals surface area (Å²) in [6.45, 7) is 7.47. The fourth-order valence-corrected chi connectivity index (χ4v) is 3.47. The van der Waals surface area contributed by atoms with Gasteiger partial charge in [-0.3, -0.25) is 0 Å². The zero-order valence-corrected chi connectivity index (χ0v) is 12.2. The summed E-state index contributed by atoms with van der Waals surface area (Å²) >= 11 is 1.94. The van der Waals surface area contributed by atoms with Crippen molar-refractivity contribution in [1.29, 1.82) is 0 Å². The first kappa shape index (κ1) is 15.3. The van der Waals surface area contributed by atoms with E-state index in [2.05, 4.69) is 26.1 Å². The Kier molecular flexibility index (Phi) is 6.85. The minimum atomic E-state index is -0.141. The Morgan fingerprint density at radius 2 is 2.29 bits per heavy atom. The zero-order valence-electron chi connectivity index (χ0n) is 11.4. The molecule has 2 N–H and O–H groups in total. The predicted molar refractivity (Wildman–Crippen MR) is 74.7 cm³/mol. The lowest BCUT2D eigenvalue weighted by atomic mass is 9.99. The number of hydrogen-bond donors (Lipinski definition) is 2. The van der Waals surface area contributed by atoms with Gasteiger partial charge in [-0.15, -0.1) is 0 Å². The molecule has 2 atom stereocenters. The SMILES string of the molecule is CC(C)NC(C)(CO)CCSCC1CCCO1. The van der Waals surface area contributed by atoms with Crippen molar-refractivity contribution in [3.8, 4) is 0 Å². The standard InChI is InChI=1S/C13H27NO2S/c1-11(2)14-13(3,10-15)6-8-17-9-12-5-4-7-16-12/h11-12,14-15H,4-10H2,1-3H3. The Labute approximate surface area is 110 Å². The molecule has 0 bridgehead atoms. The Bertz CT molecular complexity index is 208. The summed E-state index contributed by atoms with van der Waals surface area (Å²) in [7, 11) is 0. The van der Waals surface area contributed by atoms with E-state index in [0.29, 0.717) is 12.1 Å². The minimum Gasteiger partial charge on any atom is -0.394 e. The van der Waals surface area contributed by atoms with Crippen molar-refractivity contribution < 1.29 is 9.84 Å². The second-order valence-corrected chi connectivity index (χ2v) is 6.63. The Balaban J connectivity index is 2.13. The molecule has 1 saturated heterocycles. The number of aliphatic hydroxyl groups is 1. The number of rotatable bonds is 8. The lowest BCUT2D eigenvalue weighted by Crippen LogP contribution is -2.49. The third-order valence-electron chi connectivity index (χ3n) is 3.11. The molecule has 4 heteroatoms. The lowest BCUT2D eigenvalue weighted by molar-refractivity contribution is 0.128. The Hall–Kier alpha value is 0.230. The van der Waals surface area contributed by atoms with Gasteiger partial charge in [-0.25, -0.2) is 0 Å². The van der Waals surface area contributed by atoms with Crippen LogP contribution in [0.4, 0.5) is 0 Å². The normalized spacial score (nSPS) is 24.2. The molecule has 0 aliphatic carbocycles. The van der Waals surface area contributed by atoms with Crippen LogP contribution in [-0.2, 0) is 4.74 Å². The molecule has 1 aliphatic rings. The van der Waals surface area contributed by atoms with Crippen molar-refractivity contribution in [2.45, 2.75) is 57.7 Å². The van der Waals surface area contributed by atoms with E-state index < -0.39 is 0 Å². The van der Waals surface area contributed by atoms with E-state index >= 15 is 0 Å². The second kappa shape index (κ2) is 7.62. The maximum atomic E-state index is 9.45. The highest BCUT2D eigenvalue weighted by Crippen LogP contribution is 2.20. The Morgan fingerprint density at radius 3 is 2.82 bits per heavy atom. The molecule has 0 aromatic rings. The van der Waals surface area contributed by atoms with Crippen LogP contribution >= 0.6 is 11.8 Å². The summed E-state index contributed by atoms with van der Waals surface area (Å²) in [6.07, 6.45) is 3.90. The van der Waals surface area contributed by atoms with Crippen molar-refractivity contribution in [2.75, 3.05) is 24.7 Å². The molecule has 0 amide bonds. The van der Waals surface area contributed by atoms with Gasteiger partial charge in [0.15, 0.2) is 0 Å². The van der Waals surface area contributed by atoms with Crippen molar-refractivity contribution in [2.24, 2.45) is 0 Å². The van der Waals surface area contributed by atoms with Gasteiger partial charge in [-0.2, -0.15) is 11.8 Å². The molecule has 1 rings (SSSR count). The minimum absolute atomic E-state index is 0.141. The number of ether oxygens (including phenoxy) is 1. The topological polar surface area (TPSA) is 41.5 Å². The van der Waals surface area contributed by atoms with Gasteiger partial charge in [0.25, 0.3) is 0 Å². The van der Waals surface area contributed by atoms with E-state index in [9.17, 15) is 5.11 Å². The van der Waals surface area contributed by atoms with Gasteiger partial charge in [-0.05, 0) is 31.9 Å². The molecule has 1 aliphatic heterocycles. The van der Waals surface area contributed by atoms with Crippen molar-refractivity contribution in [3.05, 3.63) is 0 Å². The maximum absolute atomic E-state index is 9.45. The van der Waals surface area contributed by atoms with Crippen LogP contribution in [0.3, 0.4) is 0 Å². The molecule has 17 heavy (non-hydrogen) atoms.